The van der Waals surface area contributed by atoms with E-state index in [1.165, 1.54) is 5.43 Å². The fraction of sp³-hybridized carbons (Fsp3) is 0.800. The summed E-state index contributed by atoms with van der Waals surface area (Å²) in [7, 11) is 0. The number of hydrazine groups is 1. The molecule has 1 aliphatic heterocycles. The van der Waals surface area contributed by atoms with Crippen molar-refractivity contribution < 1.29 is 57.1 Å². The molecule has 16 heteroatoms. The maximum Gasteiger partial charge on any atom is 0.460 e. The second-order valence-electron chi connectivity index (χ2n) is 5.09. The Morgan fingerprint density at radius 2 is 1.08 bits per heavy atom. The van der Waals surface area contributed by atoms with Crippen molar-refractivity contribution in [2.45, 2.75) is 48.8 Å². The van der Waals surface area contributed by atoms with Crippen LogP contribution in [0.25, 0.3) is 0 Å². The van der Waals surface area contributed by atoms with Crippen LogP contribution in [0.15, 0.2) is 10.7 Å². The first-order valence-electron chi connectivity index (χ1n) is 6.01. The van der Waals surface area contributed by atoms with Crippen LogP contribution in [0.1, 0.15) is 6.92 Å². The van der Waals surface area contributed by atoms with E-state index in [0.717, 1.165) is 6.92 Å². The molecule has 0 saturated carbocycles. The van der Waals surface area contributed by atoms with Crippen LogP contribution >= 0.6 is 11.6 Å². The van der Waals surface area contributed by atoms with E-state index in [2.05, 4.69) is 0 Å². The fourth-order valence-electron chi connectivity index (χ4n) is 1.73. The Kier molecular flexibility index (Phi) is 5.24. The maximum absolute atomic E-state index is 13.7. The van der Waals surface area contributed by atoms with Crippen molar-refractivity contribution >= 4 is 11.6 Å². The molecule has 1 aliphatic rings. The normalized spacial score (nSPS) is 21.3. The van der Waals surface area contributed by atoms with E-state index in [0.29, 0.717) is 0 Å². The SMILES string of the molecule is CC1=C(Cl)[C@H](C(F)(F)C(F)(F)C(F)(F)C(F)(F)C(F)(F)C(F)(F)F)NN1. The van der Waals surface area contributed by atoms with Gasteiger partial charge in [-0.1, -0.05) is 11.6 Å². The largest absolute Gasteiger partial charge is 0.460 e. The molecule has 0 radical (unpaired) electrons. The summed E-state index contributed by atoms with van der Waals surface area (Å²) in [6, 6.07) is -3.32. The molecule has 0 fully saturated rings. The van der Waals surface area contributed by atoms with Gasteiger partial charge in [-0.05, 0) is 6.92 Å². The van der Waals surface area contributed by atoms with E-state index in [1.807, 2.05) is 0 Å². The molecule has 0 aliphatic carbocycles. The van der Waals surface area contributed by atoms with E-state index in [-0.39, 0.29) is 0 Å². The van der Waals surface area contributed by atoms with E-state index in [1.54, 1.807) is 5.43 Å². The number of hydrogen-bond donors (Lipinski definition) is 2. The predicted molar refractivity (Wildman–Crippen MR) is 59.4 cm³/mol. The minimum Gasteiger partial charge on any atom is -0.324 e. The number of alkyl halides is 13. The summed E-state index contributed by atoms with van der Waals surface area (Å²) >= 11 is 5.13. The molecule has 1 rings (SSSR count). The second-order valence-corrected chi connectivity index (χ2v) is 5.50. The summed E-state index contributed by atoms with van der Waals surface area (Å²) in [5.74, 6) is -37.2. The van der Waals surface area contributed by atoms with E-state index in [4.69, 9.17) is 11.6 Å². The Morgan fingerprint density at radius 1 is 0.692 bits per heavy atom. The summed E-state index contributed by atoms with van der Waals surface area (Å²) in [6.45, 7) is 0.855. The fourth-order valence-corrected chi connectivity index (χ4v) is 1.97. The van der Waals surface area contributed by atoms with Gasteiger partial charge >= 0.3 is 35.8 Å². The smallest absolute Gasteiger partial charge is 0.324 e. The van der Waals surface area contributed by atoms with Gasteiger partial charge in [0.15, 0.2) is 0 Å². The topological polar surface area (TPSA) is 24.1 Å². The van der Waals surface area contributed by atoms with Crippen molar-refractivity contribution in [3.8, 4) is 0 Å². The number of rotatable bonds is 5. The zero-order valence-electron chi connectivity index (χ0n) is 11.9. The highest BCUT2D eigenvalue weighted by Gasteiger charge is 2.91. The van der Waals surface area contributed by atoms with Crippen LogP contribution in [0.4, 0.5) is 57.1 Å². The van der Waals surface area contributed by atoms with Crippen LogP contribution in [-0.4, -0.2) is 41.8 Å². The van der Waals surface area contributed by atoms with Crippen LogP contribution in [0.5, 0.6) is 0 Å². The molecule has 0 amide bonds. The Labute approximate surface area is 140 Å². The Bertz CT molecular complexity index is 594. The third-order valence-corrected chi connectivity index (χ3v) is 3.84. The summed E-state index contributed by atoms with van der Waals surface area (Å²) < 4.78 is 168. The molecule has 0 unspecified atom stereocenters. The van der Waals surface area contributed by atoms with Crippen molar-refractivity contribution in [3.05, 3.63) is 10.7 Å². The molecule has 154 valence electrons. The molecular weight excluding hydrogens is 431 g/mol. The first-order valence-corrected chi connectivity index (χ1v) is 6.39. The lowest BCUT2D eigenvalue weighted by atomic mass is 9.90. The van der Waals surface area contributed by atoms with Crippen LogP contribution in [0, 0.1) is 0 Å². The molecule has 2 nitrogen and oxygen atoms in total. The third-order valence-electron chi connectivity index (χ3n) is 3.34. The van der Waals surface area contributed by atoms with Crippen molar-refractivity contribution in [3.63, 3.8) is 0 Å². The number of nitrogens with one attached hydrogen (secondary N) is 2. The summed E-state index contributed by atoms with van der Waals surface area (Å²) in [6.07, 6.45) is -7.44. The van der Waals surface area contributed by atoms with Crippen molar-refractivity contribution in [1.29, 1.82) is 0 Å². The lowest BCUT2D eigenvalue weighted by Crippen LogP contribution is -2.72. The molecule has 1 heterocycles. The summed E-state index contributed by atoms with van der Waals surface area (Å²) in [5, 5.41) is -1.31. The van der Waals surface area contributed by atoms with Gasteiger partial charge in [-0.2, -0.15) is 57.1 Å². The third kappa shape index (κ3) is 2.77. The van der Waals surface area contributed by atoms with Gasteiger partial charge in [0, 0.05) is 5.70 Å². The lowest BCUT2D eigenvalue weighted by molar-refractivity contribution is -0.440. The zero-order chi connectivity index (χ0) is 21.1. The Hall–Kier alpha value is -1.12. The standard InChI is InChI=1S/C10H6ClF13N2/c1-2-3(11)4(26-25-2)5(12,13)6(14,15)7(16,17)8(18,19)9(20,21)10(22,23)24/h4,25-26H,1H3/t4-/m1/s1. The van der Waals surface area contributed by atoms with Gasteiger partial charge in [-0.25, -0.2) is 5.43 Å². The van der Waals surface area contributed by atoms with Gasteiger partial charge in [0.1, 0.15) is 6.04 Å². The van der Waals surface area contributed by atoms with Crippen LogP contribution < -0.4 is 10.9 Å². The van der Waals surface area contributed by atoms with Crippen LogP contribution in [0.3, 0.4) is 0 Å². The molecule has 0 aromatic rings. The van der Waals surface area contributed by atoms with Gasteiger partial charge in [-0.15, -0.1) is 0 Å². The minimum atomic E-state index is -7.93. The molecule has 0 saturated heterocycles. The molecular formula is C10H6ClF13N2. The average Bonchev–Trinajstić information content (AvgIpc) is 2.77. The zero-order valence-corrected chi connectivity index (χ0v) is 12.6. The van der Waals surface area contributed by atoms with E-state index in [9.17, 15) is 57.1 Å². The lowest BCUT2D eigenvalue weighted by Gasteiger charge is -2.41. The molecule has 2 N–H and O–H groups in total. The highest BCUT2D eigenvalue weighted by atomic mass is 35.5. The predicted octanol–water partition coefficient (Wildman–Crippen LogP) is 4.67. The second kappa shape index (κ2) is 5.94. The molecule has 0 aromatic carbocycles. The molecule has 0 aromatic heterocycles. The van der Waals surface area contributed by atoms with Crippen molar-refractivity contribution in [2.24, 2.45) is 0 Å². The monoisotopic (exact) mass is 436 g/mol. The molecule has 1 atom stereocenters. The van der Waals surface area contributed by atoms with Crippen LogP contribution in [-0.2, 0) is 0 Å². The Balaban J connectivity index is 3.49. The van der Waals surface area contributed by atoms with Gasteiger partial charge in [0.25, 0.3) is 0 Å². The van der Waals surface area contributed by atoms with Crippen LogP contribution in [0.2, 0.25) is 0 Å². The highest BCUT2D eigenvalue weighted by molar-refractivity contribution is 6.30. The van der Waals surface area contributed by atoms with Gasteiger partial charge in [0.05, 0.1) is 5.03 Å². The number of halogens is 14. The minimum absolute atomic E-state index is 0.539. The van der Waals surface area contributed by atoms with Gasteiger partial charge in [-0.3, -0.25) is 0 Å². The molecule has 0 bridgehead atoms. The Morgan fingerprint density at radius 3 is 1.38 bits per heavy atom. The molecule has 26 heavy (non-hydrogen) atoms. The van der Waals surface area contributed by atoms with Gasteiger partial charge < -0.3 is 5.43 Å². The van der Waals surface area contributed by atoms with E-state index < -0.39 is 52.6 Å². The first kappa shape index (κ1) is 22.9. The van der Waals surface area contributed by atoms with Crippen molar-refractivity contribution in [2.75, 3.05) is 0 Å². The number of hydrogen-bond acceptors (Lipinski definition) is 2. The van der Waals surface area contributed by atoms with E-state index >= 15 is 0 Å². The van der Waals surface area contributed by atoms with Crippen molar-refractivity contribution in [1.82, 2.24) is 10.9 Å². The number of allylic oxidation sites excluding steroid dienone is 1. The van der Waals surface area contributed by atoms with Gasteiger partial charge in [0.2, 0.25) is 0 Å². The maximum atomic E-state index is 13.7. The summed E-state index contributed by atoms with van der Waals surface area (Å²) in [5.41, 5.74) is 2.35. The quantitative estimate of drug-likeness (QED) is 0.612. The summed E-state index contributed by atoms with van der Waals surface area (Å²) in [4.78, 5) is 0. The molecule has 0 spiro atoms. The average molecular weight is 437 g/mol. The first-order chi connectivity index (χ1) is 11.2. The highest BCUT2D eigenvalue weighted by Crippen LogP contribution is 2.61.